The van der Waals surface area contributed by atoms with Crippen molar-refractivity contribution in [1.82, 2.24) is 0 Å². The Balaban J connectivity index is 1.66. The van der Waals surface area contributed by atoms with E-state index in [0.29, 0.717) is 22.5 Å². The molecular weight excluding hydrogens is 303 g/mol. The van der Waals surface area contributed by atoms with E-state index in [0.717, 1.165) is 30.0 Å². The monoisotopic (exact) mass is 342 g/mol. The fourth-order valence-corrected chi connectivity index (χ4v) is 8.64. The van der Waals surface area contributed by atoms with Gasteiger partial charge in [-0.25, -0.2) is 0 Å². The van der Waals surface area contributed by atoms with E-state index in [4.69, 9.17) is 0 Å². The van der Waals surface area contributed by atoms with Gasteiger partial charge >= 0.3 is 0 Å². The minimum atomic E-state index is 0.270. The van der Waals surface area contributed by atoms with Gasteiger partial charge in [0.25, 0.3) is 0 Å². The first-order valence-electron chi connectivity index (χ1n) is 11.3. The lowest BCUT2D eigenvalue weighted by Crippen LogP contribution is -2.57. The van der Waals surface area contributed by atoms with Crippen LogP contribution in [0.15, 0.2) is 0 Å². The quantitative estimate of drug-likeness (QED) is 0.623. The Hall–Kier alpha value is -0.265. The molecule has 0 aromatic rings. The second-order valence-corrected chi connectivity index (χ2v) is 11.2. The van der Waals surface area contributed by atoms with Crippen LogP contribution in [0.3, 0.4) is 0 Å². The maximum absolute atomic E-state index is 12.7. The van der Waals surface area contributed by atoms with Gasteiger partial charge < -0.3 is 4.79 Å². The summed E-state index contributed by atoms with van der Waals surface area (Å²) in [6.45, 7) is 10.2. The van der Waals surface area contributed by atoms with Gasteiger partial charge in [0.1, 0.15) is 13.6 Å². The predicted molar refractivity (Wildman–Crippen MR) is 107 cm³/mol. The van der Waals surface area contributed by atoms with Crippen LogP contribution >= 0.6 is 0 Å². The van der Waals surface area contributed by atoms with E-state index >= 15 is 0 Å². The molecule has 25 heavy (non-hydrogen) atoms. The number of Topliss-reactive ketones (excluding diaryl/α,β-unsaturated/α-hetero) is 1. The van der Waals surface area contributed by atoms with Gasteiger partial charge in [-0.2, -0.15) is 0 Å². The number of carbonyl (C=O) groups is 1. The fourth-order valence-electron chi connectivity index (χ4n) is 8.64. The summed E-state index contributed by atoms with van der Waals surface area (Å²) >= 11 is 0. The molecule has 4 aliphatic carbocycles. The molecule has 0 heterocycles. The van der Waals surface area contributed by atoms with Gasteiger partial charge in [0.2, 0.25) is 0 Å². The highest BCUT2D eigenvalue weighted by molar-refractivity contribution is 6.20. The lowest BCUT2D eigenvalue weighted by atomic mass is 9.40. The van der Waals surface area contributed by atoms with E-state index in [9.17, 15) is 4.79 Å². The molecule has 0 bridgehead atoms. The van der Waals surface area contributed by atoms with Gasteiger partial charge in [-0.3, -0.25) is 0 Å². The van der Waals surface area contributed by atoms with Gasteiger partial charge in [-0.1, -0.05) is 34.1 Å². The van der Waals surface area contributed by atoms with Crippen molar-refractivity contribution in [2.45, 2.75) is 91.8 Å². The summed E-state index contributed by atoms with van der Waals surface area (Å²) in [5.41, 5.74) is 1.27. The van der Waals surface area contributed by atoms with Crippen molar-refractivity contribution in [2.75, 3.05) is 0 Å². The van der Waals surface area contributed by atoms with Crippen molar-refractivity contribution in [3.63, 3.8) is 0 Å². The van der Waals surface area contributed by atoms with E-state index in [1.165, 1.54) is 57.8 Å². The molecule has 4 aliphatic rings. The van der Waals surface area contributed by atoms with Crippen LogP contribution in [0.25, 0.3) is 0 Å². The smallest absolute Gasteiger partial charge is 0.128 e. The summed E-state index contributed by atoms with van der Waals surface area (Å²) < 4.78 is 0. The summed E-state index contributed by atoms with van der Waals surface area (Å²) in [7, 11) is 2.07. The van der Waals surface area contributed by atoms with Crippen LogP contribution in [0.2, 0.25) is 6.32 Å². The zero-order valence-corrected chi connectivity index (χ0v) is 17.4. The lowest BCUT2D eigenvalue weighted by molar-refractivity contribution is -0.161. The largest absolute Gasteiger partial charge is 0.300 e. The fraction of sp³-hybridized carbons (Fsp3) is 0.957. The second-order valence-electron chi connectivity index (χ2n) is 11.2. The number of hydrogen-bond donors (Lipinski definition) is 0. The van der Waals surface area contributed by atoms with Crippen LogP contribution in [-0.4, -0.2) is 13.6 Å². The molecule has 140 valence electrons. The van der Waals surface area contributed by atoms with Gasteiger partial charge in [0.05, 0.1) is 0 Å². The zero-order valence-electron chi connectivity index (χ0n) is 17.4. The van der Waals surface area contributed by atoms with E-state index in [-0.39, 0.29) is 5.41 Å². The van der Waals surface area contributed by atoms with E-state index in [1.807, 2.05) is 0 Å². The second kappa shape index (κ2) is 5.87. The van der Waals surface area contributed by atoms with Crippen molar-refractivity contribution in [2.24, 2.45) is 45.8 Å². The Morgan fingerprint density at radius 3 is 2.36 bits per heavy atom. The molecule has 4 fully saturated rings. The van der Waals surface area contributed by atoms with Crippen molar-refractivity contribution in [3.8, 4) is 0 Å². The molecule has 2 unspecified atom stereocenters. The normalized spacial score (nSPS) is 55.1. The summed E-state index contributed by atoms with van der Waals surface area (Å²) in [5.74, 6) is 4.61. The molecule has 1 nitrogen and oxygen atoms in total. The number of fused-ring (bicyclic) bond motifs is 5. The Bertz CT molecular complexity index is 558. The predicted octanol–water partition coefficient (Wildman–Crippen LogP) is 5.29. The molecule has 0 radical (unpaired) electrons. The topological polar surface area (TPSA) is 17.1 Å². The third-order valence-corrected chi connectivity index (χ3v) is 10.5. The number of carbonyl (C=O) groups excluding carboxylic acids is 1. The number of rotatable bonds is 2. The first-order chi connectivity index (χ1) is 11.8. The van der Waals surface area contributed by atoms with Crippen molar-refractivity contribution in [3.05, 3.63) is 0 Å². The molecule has 0 spiro atoms. The minimum Gasteiger partial charge on any atom is -0.300 e. The number of ketones is 1. The van der Waals surface area contributed by atoms with Crippen molar-refractivity contribution in [1.29, 1.82) is 0 Å². The number of hydrogen-bond acceptors (Lipinski definition) is 1. The molecule has 0 N–H and O–H groups in total. The SMILES string of the molecule is BCC(=O)[C@H]1CC[C@@]2(C)[C@@H]3CCC4C[C@@H](C)CC[C@]4(C)C3CC[C@]12C. The molecule has 2 heteroatoms. The Labute approximate surface area is 156 Å². The van der Waals surface area contributed by atoms with E-state index < -0.39 is 0 Å². The minimum absolute atomic E-state index is 0.270. The Morgan fingerprint density at radius 1 is 0.920 bits per heavy atom. The standard InChI is InChI=1S/C23H39BO/c1-15-7-10-21(2)16(13-15)5-6-18-17(21)8-11-23(4)19(20(25)14-24)9-12-22(18,23)3/h15-19H,5-14,24H2,1-4H3/t15-,16?,17?,18+,19+,21-,22-,23+/m0/s1. The van der Waals surface area contributed by atoms with Gasteiger partial charge in [0, 0.05) is 5.92 Å². The highest BCUT2D eigenvalue weighted by atomic mass is 16.1. The summed E-state index contributed by atoms with van der Waals surface area (Å²) in [6.07, 6.45) is 13.2. The van der Waals surface area contributed by atoms with Crippen LogP contribution in [0.1, 0.15) is 85.5 Å². The highest BCUT2D eigenvalue weighted by Gasteiger charge is 2.66. The molecule has 8 atom stereocenters. The van der Waals surface area contributed by atoms with Crippen LogP contribution in [0, 0.1) is 45.8 Å². The average molecular weight is 342 g/mol. The molecule has 0 aromatic carbocycles. The van der Waals surface area contributed by atoms with Crippen LogP contribution in [0.4, 0.5) is 0 Å². The summed E-state index contributed by atoms with van der Waals surface area (Å²) in [6, 6.07) is 0. The van der Waals surface area contributed by atoms with Gasteiger partial charge in [0.15, 0.2) is 0 Å². The molecular formula is C23H39BO. The molecule has 0 amide bonds. The molecule has 4 saturated carbocycles. The molecule has 0 aromatic heterocycles. The molecule has 0 aliphatic heterocycles. The zero-order chi connectivity index (χ0) is 18.0. The van der Waals surface area contributed by atoms with Crippen LogP contribution < -0.4 is 0 Å². The Kier molecular flexibility index (Phi) is 4.25. The average Bonchev–Trinajstić information content (AvgIpc) is 2.86. The molecule has 0 saturated heterocycles. The van der Waals surface area contributed by atoms with E-state index in [1.54, 1.807) is 0 Å². The summed E-state index contributed by atoms with van der Waals surface area (Å²) in [4.78, 5) is 12.7. The third kappa shape index (κ3) is 2.31. The third-order valence-electron chi connectivity index (χ3n) is 10.5. The van der Waals surface area contributed by atoms with Crippen molar-refractivity contribution >= 4 is 13.6 Å². The van der Waals surface area contributed by atoms with Gasteiger partial charge in [-0.05, 0) is 97.6 Å². The van der Waals surface area contributed by atoms with Crippen LogP contribution in [0.5, 0.6) is 0 Å². The molecule has 4 rings (SSSR count). The van der Waals surface area contributed by atoms with E-state index in [2.05, 4.69) is 35.5 Å². The van der Waals surface area contributed by atoms with Crippen LogP contribution in [-0.2, 0) is 4.79 Å². The first-order valence-corrected chi connectivity index (χ1v) is 11.3. The van der Waals surface area contributed by atoms with Crippen molar-refractivity contribution < 1.29 is 4.79 Å². The lowest BCUT2D eigenvalue weighted by Gasteiger charge is -2.64. The first kappa shape index (κ1) is 18.1. The summed E-state index contributed by atoms with van der Waals surface area (Å²) in [5, 5.41) is 0. The van der Waals surface area contributed by atoms with Gasteiger partial charge in [-0.15, -0.1) is 0 Å². The maximum Gasteiger partial charge on any atom is 0.128 e. The maximum atomic E-state index is 12.7. The Morgan fingerprint density at radius 2 is 1.64 bits per heavy atom. The highest BCUT2D eigenvalue weighted by Crippen LogP contribution is 2.72.